The van der Waals surface area contributed by atoms with Crippen molar-refractivity contribution in [3.8, 4) is 0 Å². The monoisotopic (exact) mass is 388 g/mol. The summed E-state index contributed by atoms with van der Waals surface area (Å²) in [5.74, 6) is -0.222. The van der Waals surface area contributed by atoms with Crippen LogP contribution in [-0.4, -0.2) is 56.0 Å². The molecule has 0 unspecified atom stereocenters. The first-order valence-electron chi connectivity index (χ1n) is 10.7. The van der Waals surface area contributed by atoms with Gasteiger partial charge < -0.3 is 20.4 Å². The summed E-state index contributed by atoms with van der Waals surface area (Å²) < 4.78 is 0. The third-order valence-electron chi connectivity index (χ3n) is 5.34. The molecule has 1 aliphatic heterocycles. The average Bonchev–Trinajstić information content (AvgIpc) is 2.71. The molecule has 1 fully saturated rings. The lowest BCUT2D eigenvalue weighted by molar-refractivity contribution is -0.118. The number of carbonyl (C=O) groups excluding carboxylic acids is 2. The number of hydrogen-bond donors (Lipinski definition) is 2. The Balaban J connectivity index is 2.18. The topological polar surface area (TPSA) is 64.7 Å². The molecule has 1 saturated heterocycles. The first-order valence-corrected chi connectivity index (χ1v) is 10.7. The molecule has 0 aliphatic carbocycles. The summed E-state index contributed by atoms with van der Waals surface area (Å²) in [5.41, 5.74) is 2.28. The predicted molar refractivity (Wildman–Crippen MR) is 116 cm³/mol. The van der Waals surface area contributed by atoms with Gasteiger partial charge in [-0.05, 0) is 50.6 Å². The Morgan fingerprint density at radius 3 is 2.39 bits per heavy atom. The Labute approximate surface area is 169 Å². The highest BCUT2D eigenvalue weighted by Crippen LogP contribution is 2.27. The summed E-state index contributed by atoms with van der Waals surface area (Å²) in [7, 11) is 0. The smallest absolute Gasteiger partial charge is 0.253 e. The molecular formula is C22H36N4O2. The highest BCUT2D eigenvalue weighted by molar-refractivity contribution is 6.02. The van der Waals surface area contributed by atoms with Crippen LogP contribution in [0.5, 0.6) is 0 Å². The number of piperidine rings is 1. The lowest BCUT2D eigenvalue weighted by Gasteiger charge is -2.30. The minimum atomic E-state index is -0.104. The van der Waals surface area contributed by atoms with E-state index in [1.165, 1.54) is 6.42 Å². The number of likely N-dealkylation sites (N-methyl/N-ethyl adjacent to an activating group) is 1. The van der Waals surface area contributed by atoms with E-state index in [1.807, 2.05) is 32.0 Å². The highest BCUT2D eigenvalue weighted by atomic mass is 16.2. The lowest BCUT2D eigenvalue weighted by atomic mass is 10.1. The number of benzene rings is 1. The van der Waals surface area contributed by atoms with Gasteiger partial charge in [0.05, 0.1) is 5.56 Å². The summed E-state index contributed by atoms with van der Waals surface area (Å²) in [6, 6.07) is 5.69. The van der Waals surface area contributed by atoms with Crippen LogP contribution in [0.15, 0.2) is 18.2 Å². The van der Waals surface area contributed by atoms with Crippen LogP contribution < -0.4 is 15.5 Å². The van der Waals surface area contributed by atoms with Gasteiger partial charge in [-0.2, -0.15) is 0 Å². The fourth-order valence-electron chi connectivity index (χ4n) is 3.46. The third kappa shape index (κ3) is 6.23. The van der Waals surface area contributed by atoms with Crippen LogP contribution in [0.3, 0.4) is 0 Å². The van der Waals surface area contributed by atoms with Crippen molar-refractivity contribution in [2.75, 3.05) is 49.5 Å². The molecule has 0 saturated carbocycles. The standard InChI is InChI=1S/C22H36N4O2/c1-5-25(6-2)15-12-23-22(28)19-16-18(24-21(27)17(3)4)10-11-20(19)26-13-8-7-9-14-26/h10-11,16-17H,5-9,12-15H2,1-4H3,(H,23,28)(H,24,27). The van der Waals surface area contributed by atoms with E-state index in [9.17, 15) is 9.59 Å². The zero-order valence-corrected chi connectivity index (χ0v) is 17.9. The zero-order chi connectivity index (χ0) is 20.5. The fraction of sp³-hybridized carbons (Fsp3) is 0.636. The first-order chi connectivity index (χ1) is 13.5. The minimum Gasteiger partial charge on any atom is -0.371 e. The zero-order valence-electron chi connectivity index (χ0n) is 17.9. The van der Waals surface area contributed by atoms with Gasteiger partial charge in [-0.15, -0.1) is 0 Å². The Morgan fingerprint density at radius 1 is 1.11 bits per heavy atom. The maximum Gasteiger partial charge on any atom is 0.253 e. The molecule has 6 heteroatoms. The maximum absolute atomic E-state index is 13.0. The Morgan fingerprint density at radius 2 is 1.79 bits per heavy atom. The number of hydrogen-bond acceptors (Lipinski definition) is 4. The number of carbonyl (C=O) groups is 2. The van der Waals surface area contributed by atoms with Gasteiger partial charge >= 0.3 is 0 Å². The molecule has 1 aromatic carbocycles. The van der Waals surface area contributed by atoms with Gasteiger partial charge in [0.1, 0.15) is 0 Å². The molecule has 6 nitrogen and oxygen atoms in total. The van der Waals surface area contributed by atoms with E-state index in [-0.39, 0.29) is 17.7 Å². The van der Waals surface area contributed by atoms with Crippen molar-refractivity contribution >= 4 is 23.2 Å². The molecule has 2 N–H and O–H groups in total. The van der Waals surface area contributed by atoms with Gasteiger partial charge in [-0.3, -0.25) is 9.59 Å². The van der Waals surface area contributed by atoms with Crippen molar-refractivity contribution in [1.29, 1.82) is 0 Å². The summed E-state index contributed by atoms with van der Waals surface area (Å²) in [6.45, 7) is 13.3. The summed E-state index contributed by atoms with van der Waals surface area (Å²) >= 11 is 0. The van der Waals surface area contributed by atoms with Crippen LogP contribution in [0.2, 0.25) is 0 Å². The largest absolute Gasteiger partial charge is 0.371 e. The maximum atomic E-state index is 13.0. The lowest BCUT2D eigenvalue weighted by Crippen LogP contribution is -2.36. The van der Waals surface area contributed by atoms with E-state index in [1.54, 1.807) is 0 Å². The second kappa shape index (κ2) is 11.1. The molecule has 1 aliphatic rings. The van der Waals surface area contributed by atoms with Crippen LogP contribution >= 0.6 is 0 Å². The number of anilines is 2. The van der Waals surface area contributed by atoms with Gasteiger partial charge in [-0.25, -0.2) is 0 Å². The summed E-state index contributed by atoms with van der Waals surface area (Å²) in [5, 5.41) is 5.97. The van der Waals surface area contributed by atoms with Crippen LogP contribution in [0.1, 0.15) is 57.3 Å². The van der Waals surface area contributed by atoms with E-state index in [0.29, 0.717) is 17.8 Å². The van der Waals surface area contributed by atoms with Crippen molar-refractivity contribution in [2.45, 2.75) is 47.0 Å². The molecule has 28 heavy (non-hydrogen) atoms. The molecule has 0 bridgehead atoms. The second-order valence-corrected chi connectivity index (χ2v) is 7.71. The highest BCUT2D eigenvalue weighted by Gasteiger charge is 2.20. The second-order valence-electron chi connectivity index (χ2n) is 7.71. The van der Waals surface area contributed by atoms with Gasteiger partial charge in [0, 0.05) is 43.5 Å². The molecule has 2 rings (SSSR count). The Hall–Kier alpha value is -2.08. The molecule has 1 heterocycles. The quantitative estimate of drug-likeness (QED) is 0.681. The normalized spacial score (nSPS) is 14.4. The molecule has 1 aromatic rings. The molecule has 0 aromatic heterocycles. The van der Waals surface area contributed by atoms with Crippen LogP contribution in [0.4, 0.5) is 11.4 Å². The van der Waals surface area contributed by atoms with Gasteiger partial charge in [0.2, 0.25) is 5.91 Å². The van der Waals surface area contributed by atoms with Crippen LogP contribution in [0.25, 0.3) is 0 Å². The van der Waals surface area contributed by atoms with E-state index in [0.717, 1.165) is 51.3 Å². The average molecular weight is 389 g/mol. The van der Waals surface area contributed by atoms with Crippen molar-refractivity contribution in [2.24, 2.45) is 5.92 Å². The molecule has 2 amide bonds. The molecular weight excluding hydrogens is 352 g/mol. The minimum absolute atomic E-state index is 0.0429. The number of rotatable bonds is 9. The summed E-state index contributed by atoms with van der Waals surface area (Å²) in [4.78, 5) is 29.6. The van der Waals surface area contributed by atoms with Crippen molar-refractivity contribution in [1.82, 2.24) is 10.2 Å². The third-order valence-corrected chi connectivity index (χ3v) is 5.34. The van der Waals surface area contributed by atoms with E-state index in [2.05, 4.69) is 34.3 Å². The van der Waals surface area contributed by atoms with Crippen LogP contribution in [0, 0.1) is 5.92 Å². The van der Waals surface area contributed by atoms with Crippen molar-refractivity contribution in [3.05, 3.63) is 23.8 Å². The Bertz CT molecular complexity index is 650. The number of nitrogens with one attached hydrogen (secondary N) is 2. The van der Waals surface area contributed by atoms with Gasteiger partial charge in [0.25, 0.3) is 5.91 Å². The van der Waals surface area contributed by atoms with Crippen LogP contribution in [-0.2, 0) is 4.79 Å². The van der Waals surface area contributed by atoms with Crippen molar-refractivity contribution < 1.29 is 9.59 Å². The number of nitrogens with zero attached hydrogens (tertiary/aromatic N) is 2. The van der Waals surface area contributed by atoms with Gasteiger partial charge in [0.15, 0.2) is 0 Å². The molecule has 0 radical (unpaired) electrons. The molecule has 0 atom stereocenters. The fourth-order valence-corrected chi connectivity index (χ4v) is 3.46. The van der Waals surface area contributed by atoms with E-state index < -0.39 is 0 Å². The Kier molecular flexibility index (Phi) is 8.77. The van der Waals surface area contributed by atoms with Crippen molar-refractivity contribution in [3.63, 3.8) is 0 Å². The van der Waals surface area contributed by atoms with E-state index >= 15 is 0 Å². The first kappa shape index (κ1) is 22.2. The number of amides is 2. The van der Waals surface area contributed by atoms with E-state index in [4.69, 9.17) is 0 Å². The molecule has 0 spiro atoms. The summed E-state index contributed by atoms with van der Waals surface area (Å²) in [6.07, 6.45) is 3.54. The SMILES string of the molecule is CCN(CC)CCNC(=O)c1cc(NC(=O)C(C)C)ccc1N1CCCCC1. The molecule has 156 valence electrons. The predicted octanol–water partition coefficient (Wildman–Crippen LogP) is 3.34. The van der Waals surface area contributed by atoms with Gasteiger partial charge in [-0.1, -0.05) is 27.7 Å².